The zero-order valence-corrected chi connectivity index (χ0v) is 19.5. The van der Waals surface area contributed by atoms with Gasteiger partial charge in [0.05, 0.1) is 23.9 Å². The quantitative estimate of drug-likeness (QED) is 0.183. The van der Waals surface area contributed by atoms with Crippen molar-refractivity contribution in [3.05, 3.63) is 79.7 Å². The molecule has 10 nitrogen and oxygen atoms in total. The summed E-state index contributed by atoms with van der Waals surface area (Å²) in [5, 5.41) is 0.401. The molecule has 35 heavy (non-hydrogen) atoms. The van der Waals surface area contributed by atoms with E-state index in [4.69, 9.17) is 22.2 Å². The maximum Gasteiger partial charge on any atom is 0.332 e. The Balaban J connectivity index is 2.10. The Kier molecular flexibility index (Phi) is 8.68. The lowest BCUT2D eigenvalue weighted by molar-refractivity contribution is 0.131. The van der Waals surface area contributed by atoms with Crippen LogP contribution in [0.2, 0.25) is 5.02 Å². The first-order chi connectivity index (χ1) is 16.8. The van der Waals surface area contributed by atoms with Gasteiger partial charge >= 0.3 is 5.69 Å². The zero-order valence-electron chi connectivity index (χ0n) is 18.8. The summed E-state index contributed by atoms with van der Waals surface area (Å²) in [7, 11) is 1.43. The van der Waals surface area contributed by atoms with E-state index in [0.717, 1.165) is 15.2 Å². The SMILES string of the molecule is C=Nc1c(N(COc2cccc(F)c2F)Cc2ccc(Cl)cn2)c(=O)n(CCCON)c(=O)n1C. The van der Waals surface area contributed by atoms with E-state index in [1.807, 2.05) is 0 Å². The predicted octanol–water partition coefficient (Wildman–Crippen LogP) is 2.53. The molecule has 0 bridgehead atoms. The number of hydrogen-bond donors (Lipinski definition) is 1. The summed E-state index contributed by atoms with van der Waals surface area (Å²) in [6.45, 7) is 3.18. The van der Waals surface area contributed by atoms with E-state index in [1.54, 1.807) is 12.1 Å². The number of benzene rings is 1. The largest absolute Gasteiger partial charge is 0.470 e. The Hall–Kier alpha value is -3.61. The van der Waals surface area contributed by atoms with Crippen molar-refractivity contribution in [2.45, 2.75) is 19.5 Å². The summed E-state index contributed by atoms with van der Waals surface area (Å²) in [5.41, 5.74) is -0.891. The number of halogens is 3. The van der Waals surface area contributed by atoms with Crippen molar-refractivity contribution in [3.63, 3.8) is 0 Å². The number of anilines is 1. The van der Waals surface area contributed by atoms with Crippen LogP contribution < -0.4 is 26.8 Å². The second-order valence-corrected chi connectivity index (χ2v) is 7.78. The molecule has 0 aliphatic heterocycles. The minimum atomic E-state index is -1.18. The maximum absolute atomic E-state index is 14.2. The first-order valence-corrected chi connectivity index (χ1v) is 10.7. The molecule has 0 atom stereocenters. The van der Waals surface area contributed by atoms with Crippen molar-refractivity contribution in [2.24, 2.45) is 17.9 Å². The Morgan fingerprint density at radius 2 is 2.03 bits per heavy atom. The Morgan fingerprint density at radius 3 is 2.69 bits per heavy atom. The highest BCUT2D eigenvalue weighted by molar-refractivity contribution is 6.30. The number of nitrogens with two attached hydrogens (primary N) is 1. The predicted molar refractivity (Wildman–Crippen MR) is 127 cm³/mol. The van der Waals surface area contributed by atoms with Gasteiger partial charge in [-0.25, -0.2) is 20.1 Å². The van der Waals surface area contributed by atoms with Crippen molar-refractivity contribution < 1.29 is 18.4 Å². The first-order valence-electron chi connectivity index (χ1n) is 10.3. The van der Waals surface area contributed by atoms with Crippen molar-refractivity contribution in [2.75, 3.05) is 18.2 Å². The van der Waals surface area contributed by atoms with E-state index in [-0.39, 0.29) is 43.4 Å². The lowest BCUT2D eigenvalue weighted by atomic mass is 10.3. The van der Waals surface area contributed by atoms with Crippen LogP contribution in [0.4, 0.5) is 20.3 Å². The van der Waals surface area contributed by atoms with Crippen LogP contribution in [-0.4, -0.2) is 34.2 Å². The highest BCUT2D eigenvalue weighted by atomic mass is 35.5. The Bertz CT molecular complexity index is 1310. The Morgan fingerprint density at radius 1 is 1.26 bits per heavy atom. The number of hydrogen-bond acceptors (Lipinski definition) is 8. The second kappa shape index (κ2) is 11.7. The lowest BCUT2D eigenvalue weighted by Gasteiger charge is -2.26. The summed E-state index contributed by atoms with van der Waals surface area (Å²) >= 11 is 5.92. The molecule has 2 heterocycles. The molecule has 0 amide bonds. The smallest absolute Gasteiger partial charge is 0.332 e. The molecule has 13 heteroatoms. The van der Waals surface area contributed by atoms with Gasteiger partial charge in [0.25, 0.3) is 5.56 Å². The van der Waals surface area contributed by atoms with Crippen LogP contribution >= 0.6 is 11.6 Å². The molecular formula is C22H23ClF2N6O4. The molecule has 0 radical (unpaired) electrons. The molecule has 2 aromatic heterocycles. The number of pyridine rings is 1. The second-order valence-electron chi connectivity index (χ2n) is 7.34. The van der Waals surface area contributed by atoms with Crippen LogP contribution in [0.1, 0.15) is 12.1 Å². The number of rotatable bonds is 11. The molecule has 0 aliphatic rings. The van der Waals surface area contributed by atoms with E-state index in [9.17, 15) is 18.4 Å². The average Bonchev–Trinajstić information content (AvgIpc) is 2.85. The van der Waals surface area contributed by atoms with Gasteiger partial charge < -0.3 is 14.5 Å². The Labute approximate surface area is 203 Å². The fraction of sp³-hybridized carbons (Fsp3) is 0.273. The minimum Gasteiger partial charge on any atom is -0.470 e. The fourth-order valence-electron chi connectivity index (χ4n) is 3.33. The van der Waals surface area contributed by atoms with Crippen LogP contribution in [0.3, 0.4) is 0 Å². The third-order valence-corrected chi connectivity index (χ3v) is 5.26. The van der Waals surface area contributed by atoms with Gasteiger partial charge in [-0.1, -0.05) is 17.7 Å². The molecule has 3 aromatic rings. The van der Waals surface area contributed by atoms with E-state index in [1.165, 1.54) is 30.3 Å². The zero-order chi connectivity index (χ0) is 25.5. The van der Waals surface area contributed by atoms with Crippen LogP contribution in [-0.2, 0) is 25.0 Å². The summed E-state index contributed by atoms with van der Waals surface area (Å²) in [5.74, 6) is 2.37. The van der Waals surface area contributed by atoms with Crippen LogP contribution in [0.15, 0.2) is 51.1 Å². The highest BCUT2D eigenvalue weighted by Crippen LogP contribution is 2.26. The molecule has 3 rings (SSSR count). The molecule has 0 aliphatic carbocycles. The van der Waals surface area contributed by atoms with Crippen LogP contribution in [0, 0.1) is 11.6 Å². The van der Waals surface area contributed by atoms with Crippen molar-refractivity contribution >= 4 is 29.8 Å². The molecule has 2 N–H and O–H groups in total. The molecule has 0 saturated heterocycles. The van der Waals surface area contributed by atoms with Crippen molar-refractivity contribution in [1.82, 2.24) is 14.1 Å². The minimum absolute atomic E-state index is 0.0134. The van der Waals surface area contributed by atoms with E-state index in [0.29, 0.717) is 10.7 Å². The molecule has 186 valence electrons. The monoisotopic (exact) mass is 508 g/mol. The number of nitrogens with zero attached hydrogens (tertiary/aromatic N) is 5. The summed E-state index contributed by atoms with van der Waals surface area (Å²) < 4.78 is 35.5. The molecule has 0 spiro atoms. The van der Waals surface area contributed by atoms with Gasteiger partial charge in [-0.2, -0.15) is 4.39 Å². The van der Waals surface area contributed by atoms with E-state index in [2.05, 4.69) is 21.5 Å². The van der Waals surface area contributed by atoms with E-state index < -0.39 is 29.6 Å². The van der Waals surface area contributed by atoms with Gasteiger partial charge in [-0.3, -0.25) is 18.9 Å². The van der Waals surface area contributed by atoms with Crippen LogP contribution in [0.5, 0.6) is 5.75 Å². The topological polar surface area (TPSA) is 117 Å². The first kappa shape index (κ1) is 26.0. The van der Waals surface area contributed by atoms with Crippen molar-refractivity contribution in [1.29, 1.82) is 0 Å². The van der Waals surface area contributed by atoms with Gasteiger partial charge in [0.2, 0.25) is 5.82 Å². The standard InChI is InChI=1S/C22H23ClF2N6O4/c1-27-20-19(21(32)31(9-4-10-35-26)22(33)29(20)2)30(12-15-8-7-14(23)11-28-15)13-34-17-6-3-5-16(24)18(17)25/h3,5-8,11H,1,4,9-10,12-13,26H2,2H3. The molecular weight excluding hydrogens is 486 g/mol. The van der Waals surface area contributed by atoms with Gasteiger partial charge in [0.1, 0.15) is 5.69 Å². The van der Waals surface area contributed by atoms with Crippen LogP contribution in [0.25, 0.3) is 0 Å². The third-order valence-electron chi connectivity index (χ3n) is 5.04. The maximum atomic E-state index is 14.2. The molecule has 1 aromatic carbocycles. The molecule has 0 unspecified atom stereocenters. The third kappa shape index (κ3) is 5.91. The number of ether oxygens (including phenoxy) is 1. The summed E-state index contributed by atoms with van der Waals surface area (Å²) in [6, 6.07) is 6.71. The number of aromatic nitrogens is 3. The van der Waals surface area contributed by atoms with E-state index >= 15 is 0 Å². The molecule has 0 saturated carbocycles. The normalized spacial score (nSPS) is 10.9. The van der Waals surface area contributed by atoms with Gasteiger partial charge in [0, 0.05) is 19.8 Å². The summed E-state index contributed by atoms with van der Waals surface area (Å²) in [6.07, 6.45) is 1.70. The van der Waals surface area contributed by atoms with Gasteiger partial charge in [-0.15, -0.1) is 0 Å². The number of aliphatic imine (C=N–C) groups is 1. The fourth-order valence-corrected chi connectivity index (χ4v) is 3.44. The molecule has 0 fully saturated rings. The highest BCUT2D eigenvalue weighted by Gasteiger charge is 2.24. The summed E-state index contributed by atoms with van der Waals surface area (Å²) in [4.78, 5) is 40.3. The lowest BCUT2D eigenvalue weighted by Crippen LogP contribution is -2.43. The van der Waals surface area contributed by atoms with Gasteiger partial charge in [-0.05, 0) is 37.4 Å². The average molecular weight is 509 g/mol. The van der Waals surface area contributed by atoms with Crippen molar-refractivity contribution in [3.8, 4) is 5.75 Å². The van der Waals surface area contributed by atoms with Gasteiger partial charge in [0.15, 0.2) is 24.1 Å².